The highest BCUT2D eigenvalue weighted by Gasteiger charge is 2.14. The van der Waals surface area contributed by atoms with Gasteiger partial charge in [-0.3, -0.25) is 4.68 Å². The van der Waals surface area contributed by atoms with E-state index >= 15 is 0 Å². The van der Waals surface area contributed by atoms with Gasteiger partial charge in [-0.25, -0.2) is 4.98 Å². The van der Waals surface area contributed by atoms with E-state index in [0.717, 1.165) is 15.9 Å². The van der Waals surface area contributed by atoms with Gasteiger partial charge < -0.3 is 5.11 Å². The van der Waals surface area contributed by atoms with Crippen LogP contribution in [0.5, 0.6) is 0 Å². The molecule has 2 aromatic heterocycles. The fourth-order valence-corrected chi connectivity index (χ4v) is 1.89. The predicted octanol–water partition coefficient (Wildman–Crippen LogP) is 2.48. The van der Waals surface area contributed by atoms with Crippen molar-refractivity contribution in [3.05, 3.63) is 35.2 Å². The normalized spacial score (nSPS) is 11.8. The Kier molecular flexibility index (Phi) is 3.31. The summed E-state index contributed by atoms with van der Waals surface area (Å²) >= 11 is 3.34. The second-order valence-corrected chi connectivity index (χ2v) is 5.40. The van der Waals surface area contributed by atoms with Crippen molar-refractivity contribution in [2.45, 2.75) is 26.0 Å². The number of hydrogen-bond donors (Lipinski definition) is 1. The van der Waals surface area contributed by atoms with Crippen molar-refractivity contribution in [1.82, 2.24) is 14.8 Å². The average molecular weight is 296 g/mol. The van der Waals surface area contributed by atoms with Crippen molar-refractivity contribution < 1.29 is 5.11 Å². The van der Waals surface area contributed by atoms with Crippen molar-refractivity contribution in [1.29, 1.82) is 0 Å². The molecule has 0 radical (unpaired) electrons. The van der Waals surface area contributed by atoms with Crippen LogP contribution < -0.4 is 0 Å². The lowest BCUT2D eigenvalue weighted by molar-refractivity contribution is 0.0577. The summed E-state index contributed by atoms with van der Waals surface area (Å²) < 4.78 is 2.52. The Balaban J connectivity index is 2.24. The molecule has 0 fully saturated rings. The van der Waals surface area contributed by atoms with E-state index in [-0.39, 0.29) is 0 Å². The molecule has 0 spiro atoms. The number of pyridine rings is 1. The first-order chi connectivity index (χ1) is 7.94. The Morgan fingerprint density at radius 2 is 2.18 bits per heavy atom. The van der Waals surface area contributed by atoms with Crippen molar-refractivity contribution in [2.24, 2.45) is 0 Å². The Bertz CT molecular complexity index is 516. The maximum atomic E-state index is 9.71. The number of aliphatic hydroxyl groups is 1. The minimum absolute atomic E-state index is 0.459. The Morgan fingerprint density at radius 3 is 2.82 bits per heavy atom. The predicted molar refractivity (Wildman–Crippen MR) is 69.5 cm³/mol. The van der Waals surface area contributed by atoms with Crippen molar-refractivity contribution in [3.8, 4) is 11.3 Å². The van der Waals surface area contributed by atoms with Crippen LogP contribution in [0.3, 0.4) is 0 Å². The highest BCUT2D eigenvalue weighted by molar-refractivity contribution is 9.10. The van der Waals surface area contributed by atoms with Gasteiger partial charge in [0.05, 0.1) is 24.0 Å². The lowest BCUT2D eigenvalue weighted by Gasteiger charge is -2.16. The molecule has 2 rings (SSSR count). The minimum atomic E-state index is -0.770. The van der Waals surface area contributed by atoms with Crippen LogP contribution in [-0.4, -0.2) is 25.5 Å². The van der Waals surface area contributed by atoms with Crippen LogP contribution in [0.2, 0.25) is 0 Å². The maximum Gasteiger partial charge on any atom is 0.106 e. The molecular weight excluding hydrogens is 282 g/mol. The van der Waals surface area contributed by atoms with Crippen molar-refractivity contribution in [2.75, 3.05) is 0 Å². The van der Waals surface area contributed by atoms with Gasteiger partial charge in [0, 0.05) is 11.8 Å². The molecule has 0 saturated heterocycles. The summed E-state index contributed by atoms with van der Waals surface area (Å²) in [5, 5.41) is 13.9. The highest BCUT2D eigenvalue weighted by atomic mass is 79.9. The first kappa shape index (κ1) is 12.3. The molecule has 5 heteroatoms. The topological polar surface area (TPSA) is 50.9 Å². The van der Waals surface area contributed by atoms with E-state index < -0.39 is 5.60 Å². The number of rotatable bonds is 3. The quantitative estimate of drug-likeness (QED) is 0.885. The van der Waals surface area contributed by atoms with Crippen LogP contribution in [-0.2, 0) is 6.54 Å². The molecule has 4 nitrogen and oxygen atoms in total. The van der Waals surface area contributed by atoms with E-state index in [1.807, 2.05) is 24.4 Å². The van der Waals surface area contributed by atoms with Crippen LogP contribution in [0.4, 0.5) is 0 Å². The van der Waals surface area contributed by atoms with E-state index in [0.29, 0.717) is 6.54 Å². The highest BCUT2D eigenvalue weighted by Crippen LogP contribution is 2.19. The molecule has 0 aliphatic heterocycles. The summed E-state index contributed by atoms with van der Waals surface area (Å²) in [4.78, 5) is 4.35. The third-order valence-corrected chi connectivity index (χ3v) is 2.63. The van der Waals surface area contributed by atoms with Crippen LogP contribution in [0.25, 0.3) is 11.3 Å². The lowest BCUT2D eigenvalue weighted by atomic mass is 10.1. The third kappa shape index (κ3) is 3.38. The Labute approximate surface area is 108 Å². The van der Waals surface area contributed by atoms with Gasteiger partial charge in [-0.1, -0.05) is 6.07 Å². The number of hydrogen-bond acceptors (Lipinski definition) is 3. The van der Waals surface area contributed by atoms with E-state index in [9.17, 15) is 5.11 Å². The van der Waals surface area contributed by atoms with Crippen LogP contribution in [0.15, 0.2) is 35.2 Å². The Morgan fingerprint density at radius 1 is 1.41 bits per heavy atom. The molecule has 2 aromatic rings. The third-order valence-electron chi connectivity index (χ3n) is 2.19. The molecule has 1 N–H and O–H groups in total. The molecule has 0 saturated carbocycles. The molecule has 90 valence electrons. The molecule has 0 unspecified atom stereocenters. The van der Waals surface area contributed by atoms with Crippen molar-refractivity contribution >= 4 is 15.9 Å². The van der Waals surface area contributed by atoms with Gasteiger partial charge in [-0.2, -0.15) is 5.10 Å². The monoisotopic (exact) mass is 295 g/mol. The second-order valence-electron chi connectivity index (χ2n) is 4.58. The van der Waals surface area contributed by atoms with Gasteiger partial charge in [0.25, 0.3) is 0 Å². The molecular formula is C12H14BrN3O. The van der Waals surface area contributed by atoms with E-state index in [1.54, 1.807) is 24.7 Å². The average Bonchev–Trinajstić information content (AvgIpc) is 2.63. The van der Waals surface area contributed by atoms with Gasteiger partial charge in [0.15, 0.2) is 0 Å². The molecule has 17 heavy (non-hydrogen) atoms. The van der Waals surface area contributed by atoms with Crippen LogP contribution in [0, 0.1) is 0 Å². The molecule has 0 amide bonds. The summed E-state index contributed by atoms with van der Waals surface area (Å²) in [5.41, 5.74) is 1.03. The standard InChI is InChI=1S/C12H14BrN3O/c1-12(2,17)8-16-7-9(6-14-16)10-4-3-5-11(13)15-10/h3-7,17H,8H2,1-2H3. The molecule has 0 aliphatic rings. The van der Waals surface area contributed by atoms with E-state index in [4.69, 9.17) is 0 Å². The summed E-state index contributed by atoms with van der Waals surface area (Å²) in [5.74, 6) is 0. The zero-order chi connectivity index (χ0) is 12.5. The minimum Gasteiger partial charge on any atom is -0.389 e. The summed E-state index contributed by atoms with van der Waals surface area (Å²) in [6.45, 7) is 3.97. The largest absolute Gasteiger partial charge is 0.389 e. The number of halogens is 1. The number of aromatic nitrogens is 3. The van der Waals surface area contributed by atoms with Crippen LogP contribution in [0.1, 0.15) is 13.8 Å². The molecule has 0 aromatic carbocycles. The van der Waals surface area contributed by atoms with Gasteiger partial charge in [0.1, 0.15) is 4.60 Å². The smallest absolute Gasteiger partial charge is 0.106 e. The summed E-state index contributed by atoms with van der Waals surface area (Å²) in [7, 11) is 0. The molecule has 0 bridgehead atoms. The lowest BCUT2D eigenvalue weighted by Crippen LogP contribution is -2.26. The maximum absolute atomic E-state index is 9.71. The second kappa shape index (κ2) is 4.58. The SMILES string of the molecule is CC(C)(O)Cn1cc(-c2cccc(Br)n2)cn1. The van der Waals surface area contributed by atoms with E-state index in [1.165, 1.54) is 0 Å². The molecule has 2 heterocycles. The first-order valence-corrected chi connectivity index (χ1v) is 6.11. The number of nitrogens with zero attached hydrogens (tertiary/aromatic N) is 3. The van der Waals surface area contributed by atoms with E-state index in [2.05, 4.69) is 26.0 Å². The zero-order valence-electron chi connectivity index (χ0n) is 9.76. The van der Waals surface area contributed by atoms with Crippen molar-refractivity contribution in [3.63, 3.8) is 0 Å². The fourth-order valence-electron chi connectivity index (χ4n) is 1.55. The van der Waals surface area contributed by atoms with Crippen LogP contribution >= 0.6 is 15.9 Å². The first-order valence-electron chi connectivity index (χ1n) is 5.32. The Hall–Kier alpha value is -1.20. The van der Waals surface area contributed by atoms with Gasteiger partial charge in [-0.05, 0) is 41.9 Å². The van der Waals surface area contributed by atoms with Gasteiger partial charge in [0.2, 0.25) is 0 Å². The fraction of sp³-hybridized carbons (Fsp3) is 0.333. The van der Waals surface area contributed by atoms with Gasteiger partial charge >= 0.3 is 0 Å². The zero-order valence-corrected chi connectivity index (χ0v) is 11.3. The molecule has 0 aliphatic carbocycles. The summed E-state index contributed by atoms with van der Waals surface area (Å²) in [6.07, 6.45) is 3.63. The summed E-state index contributed by atoms with van der Waals surface area (Å²) in [6, 6.07) is 5.74. The van der Waals surface area contributed by atoms with Gasteiger partial charge in [-0.15, -0.1) is 0 Å². The molecule has 0 atom stereocenters.